The van der Waals surface area contributed by atoms with Crippen LogP contribution < -0.4 is 5.69 Å². The van der Waals surface area contributed by atoms with E-state index in [2.05, 4.69) is 16.2 Å². The fourth-order valence-electron chi connectivity index (χ4n) is 2.53. The van der Waals surface area contributed by atoms with Crippen molar-refractivity contribution in [2.45, 2.75) is 27.5 Å². The molecule has 0 aromatic carbocycles. The summed E-state index contributed by atoms with van der Waals surface area (Å²) in [6.07, 6.45) is 3.64. The van der Waals surface area contributed by atoms with E-state index in [0.29, 0.717) is 10.7 Å². The van der Waals surface area contributed by atoms with Gasteiger partial charge in [0.1, 0.15) is 11.9 Å². The fourth-order valence-corrected chi connectivity index (χ4v) is 2.90. The van der Waals surface area contributed by atoms with Gasteiger partial charge in [0.25, 0.3) is 0 Å². The van der Waals surface area contributed by atoms with Crippen LogP contribution in [0.3, 0.4) is 0 Å². The van der Waals surface area contributed by atoms with E-state index >= 15 is 0 Å². The van der Waals surface area contributed by atoms with E-state index in [1.807, 2.05) is 26.2 Å². The summed E-state index contributed by atoms with van der Waals surface area (Å²) in [5, 5.41) is 12.9. The Morgan fingerprint density at radius 1 is 1.64 bits per heavy atom. The highest BCUT2D eigenvalue weighted by Gasteiger charge is 2.61. The van der Waals surface area contributed by atoms with Gasteiger partial charge in [-0.2, -0.15) is 15.0 Å². The second kappa shape index (κ2) is 6.01. The van der Waals surface area contributed by atoms with Crippen molar-refractivity contribution in [2.75, 3.05) is 6.26 Å². The Balaban J connectivity index is 2.02. The standard InChI is InChI=1S/C14H18N4O3S/c1-8-16-13(20)18(17-8)7-21-12(19)11-10(14(11,2)3)5-9(6-15)22-4/h5,10-11H,7H2,1-4H3,(H,16,17,20)/b9-5-/t10-,11+/m1/s1. The van der Waals surface area contributed by atoms with Crippen LogP contribution >= 0.6 is 11.8 Å². The van der Waals surface area contributed by atoms with Crippen molar-refractivity contribution in [3.63, 3.8) is 0 Å². The van der Waals surface area contributed by atoms with Gasteiger partial charge in [0.2, 0.25) is 0 Å². The lowest BCUT2D eigenvalue weighted by molar-refractivity contribution is -0.150. The zero-order chi connectivity index (χ0) is 16.5. The average molecular weight is 322 g/mol. The Hall–Kier alpha value is -2.01. The maximum absolute atomic E-state index is 12.2. The Morgan fingerprint density at radius 3 is 2.82 bits per heavy atom. The van der Waals surface area contributed by atoms with E-state index in [1.54, 1.807) is 6.92 Å². The van der Waals surface area contributed by atoms with Crippen LogP contribution in [0.4, 0.5) is 0 Å². The molecule has 118 valence electrons. The number of aryl methyl sites for hydroxylation is 1. The van der Waals surface area contributed by atoms with Crippen molar-refractivity contribution in [1.29, 1.82) is 5.26 Å². The molecule has 0 bridgehead atoms. The first kappa shape index (κ1) is 16.4. The van der Waals surface area contributed by atoms with Crippen molar-refractivity contribution >= 4 is 17.7 Å². The van der Waals surface area contributed by atoms with Crippen LogP contribution in [0.1, 0.15) is 19.7 Å². The van der Waals surface area contributed by atoms with Gasteiger partial charge in [-0.3, -0.25) is 9.78 Å². The number of aromatic amines is 1. The number of H-pyrrole nitrogens is 1. The van der Waals surface area contributed by atoms with Crippen LogP contribution in [0.25, 0.3) is 0 Å². The second-order valence-electron chi connectivity index (χ2n) is 5.78. The second-order valence-corrected chi connectivity index (χ2v) is 6.63. The molecule has 1 N–H and O–H groups in total. The summed E-state index contributed by atoms with van der Waals surface area (Å²) in [5.41, 5.74) is -0.660. The quantitative estimate of drug-likeness (QED) is 0.650. The molecular formula is C14H18N4O3S. The van der Waals surface area contributed by atoms with Crippen LogP contribution in [-0.2, 0) is 16.3 Å². The molecule has 0 radical (unpaired) electrons. The van der Waals surface area contributed by atoms with Crippen molar-refractivity contribution in [3.8, 4) is 6.07 Å². The predicted octanol–water partition coefficient (Wildman–Crippen LogP) is 1.42. The number of hydrogen-bond donors (Lipinski definition) is 1. The number of carbonyl (C=O) groups excluding carboxylic acids is 1. The maximum Gasteiger partial charge on any atom is 0.346 e. The summed E-state index contributed by atoms with van der Waals surface area (Å²) in [6.45, 7) is 5.36. The fraction of sp³-hybridized carbons (Fsp3) is 0.571. The number of hydrogen-bond acceptors (Lipinski definition) is 6. The van der Waals surface area contributed by atoms with Gasteiger partial charge in [0, 0.05) is 0 Å². The van der Waals surface area contributed by atoms with E-state index in [1.165, 1.54) is 11.8 Å². The summed E-state index contributed by atoms with van der Waals surface area (Å²) >= 11 is 1.36. The average Bonchev–Trinajstić information content (AvgIpc) is 2.83. The lowest BCUT2D eigenvalue weighted by Crippen LogP contribution is -2.22. The number of carbonyl (C=O) groups is 1. The number of aromatic nitrogens is 3. The predicted molar refractivity (Wildman–Crippen MR) is 81.6 cm³/mol. The van der Waals surface area contributed by atoms with Crippen LogP contribution in [0.2, 0.25) is 0 Å². The largest absolute Gasteiger partial charge is 0.442 e. The molecule has 8 heteroatoms. The molecule has 7 nitrogen and oxygen atoms in total. The number of ether oxygens (including phenoxy) is 1. The Kier molecular flexibility index (Phi) is 4.47. The molecule has 2 atom stereocenters. The van der Waals surface area contributed by atoms with E-state index in [-0.39, 0.29) is 30.0 Å². The number of esters is 1. The van der Waals surface area contributed by atoms with Gasteiger partial charge in [0.05, 0.1) is 10.8 Å². The number of nitrogens with one attached hydrogen (secondary N) is 1. The lowest BCUT2D eigenvalue weighted by atomic mass is 10.1. The summed E-state index contributed by atoms with van der Waals surface area (Å²) in [6, 6.07) is 2.10. The van der Waals surface area contributed by atoms with Crippen LogP contribution in [0.15, 0.2) is 15.8 Å². The number of thioether (sulfide) groups is 1. The molecule has 2 rings (SSSR count). The molecule has 1 aliphatic rings. The highest BCUT2D eigenvalue weighted by atomic mass is 32.2. The smallest absolute Gasteiger partial charge is 0.346 e. The van der Waals surface area contributed by atoms with E-state index in [0.717, 1.165) is 4.68 Å². The monoisotopic (exact) mass is 322 g/mol. The molecule has 0 aliphatic heterocycles. The zero-order valence-corrected chi connectivity index (χ0v) is 13.7. The number of nitrogens with zero attached hydrogens (tertiary/aromatic N) is 3. The van der Waals surface area contributed by atoms with Crippen molar-refractivity contribution in [1.82, 2.24) is 14.8 Å². The van der Waals surface area contributed by atoms with Gasteiger partial charge in [-0.25, -0.2) is 4.79 Å². The van der Waals surface area contributed by atoms with Crippen LogP contribution in [0, 0.1) is 35.5 Å². The molecule has 1 fully saturated rings. The maximum atomic E-state index is 12.2. The third-order valence-electron chi connectivity index (χ3n) is 3.95. The molecule has 0 saturated heterocycles. The minimum Gasteiger partial charge on any atom is -0.442 e. The van der Waals surface area contributed by atoms with Crippen LogP contribution in [0.5, 0.6) is 0 Å². The van der Waals surface area contributed by atoms with Gasteiger partial charge in [-0.15, -0.1) is 11.8 Å². The molecule has 1 aliphatic carbocycles. The first-order chi connectivity index (χ1) is 10.3. The summed E-state index contributed by atoms with van der Waals surface area (Å²) in [4.78, 5) is 26.7. The number of nitriles is 1. The minimum atomic E-state index is -0.411. The summed E-state index contributed by atoms with van der Waals surface area (Å²) in [5.74, 6) is -0.247. The third-order valence-corrected chi connectivity index (χ3v) is 4.61. The Bertz CT molecular complexity index is 710. The number of allylic oxidation sites excluding steroid dienone is 2. The molecule has 22 heavy (non-hydrogen) atoms. The molecule has 1 aromatic heterocycles. The first-order valence-electron chi connectivity index (χ1n) is 6.77. The van der Waals surface area contributed by atoms with Gasteiger partial charge >= 0.3 is 11.7 Å². The molecule has 1 saturated carbocycles. The van der Waals surface area contributed by atoms with E-state index < -0.39 is 5.69 Å². The van der Waals surface area contributed by atoms with Crippen molar-refractivity contribution in [3.05, 3.63) is 27.3 Å². The summed E-state index contributed by atoms with van der Waals surface area (Å²) in [7, 11) is 0. The van der Waals surface area contributed by atoms with E-state index in [9.17, 15) is 9.59 Å². The first-order valence-corrected chi connectivity index (χ1v) is 8.00. The third kappa shape index (κ3) is 3.09. The normalized spacial score (nSPS) is 23.0. The molecule has 1 heterocycles. The van der Waals surface area contributed by atoms with Gasteiger partial charge in [0.15, 0.2) is 6.73 Å². The van der Waals surface area contributed by atoms with Crippen molar-refractivity contribution in [2.24, 2.45) is 17.3 Å². The zero-order valence-electron chi connectivity index (χ0n) is 12.9. The molecular weight excluding hydrogens is 304 g/mol. The van der Waals surface area contributed by atoms with E-state index in [4.69, 9.17) is 10.00 Å². The summed E-state index contributed by atoms with van der Waals surface area (Å²) < 4.78 is 6.25. The topological polar surface area (TPSA) is 101 Å². The van der Waals surface area contributed by atoms with Crippen LogP contribution in [-0.4, -0.2) is 27.0 Å². The molecule has 0 spiro atoms. The van der Waals surface area contributed by atoms with Crippen molar-refractivity contribution < 1.29 is 9.53 Å². The lowest BCUT2D eigenvalue weighted by Gasteiger charge is -2.04. The van der Waals surface area contributed by atoms with Gasteiger partial charge in [-0.05, 0) is 24.5 Å². The SMILES string of the molecule is CS/C(C#N)=C\[C@@H]1[C@@H](C(=O)OCn2nc(C)[nH]c2=O)C1(C)C. The highest BCUT2D eigenvalue weighted by Crippen LogP contribution is 2.60. The molecule has 1 aromatic rings. The highest BCUT2D eigenvalue weighted by molar-refractivity contribution is 8.02. The van der Waals surface area contributed by atoms with Gasteiger partial charge in [-0.1, -0.05) is 19.9 Å². The molecule has 0 unspecified atom stereocenters. The number of rotatable bonds is 5. The minimum absolute atomic E-state index is 0.0280. The molecule has 0 amide bonds. The van der Waals surface area contributed by atoms with Gasteiger partial charge < -0.3 is 4.74 Å². The Labute approximate surface area is 132 Å². The Morgan fingerprint density at radius 2 is 2.32 bits per heavy atom.